The first kappa shape index (κ1) is 12.4. The average molecular weight is 221 g/mol. The summed E-state index contributed by atoms with van der Waals surface area (Å²) in [6, 6.07) is 6.51. The van der Waals surface area contributed by atoms with E-state index in [1.165, 1.54) is 6.07 Å². The van der Waals surface area contributed by atoms with Crippen molar-refractivity contribution in [2.75, 3.05) is 6.61 Å². The summed E-state index contributed by atoms with van der Waals surface area (Å²) in [5.41, 5.74) is 1.38. The molecule has 1 rings (SSSR count). The summed E-state index contributed by atoms with van der Waals surface area (Å²) >= 11 is 0. The summed E-state index contributed by atoms with van der Waals surface area (Å²) in [4.78, 5) is 10.4. The van der Waals surface area contributed by atoms with E-state index in [1.807, 2.05) is 13.8 Å². The number of nitrogens with zero attached hydrogens (tertiary/aromatic N) is 1. The Labute approximate surface area is 94.4 Å². The minimum absolute atomic E-state index is 0.0640. The lowest BCUT2D eigenvalue weighted by atomic mass is 10.0. The molecule has 0 saturated carbocycles. The highest BCUT2D eigenvalue weighted by Crippen LogP contribution is 2.22. The number of nitro benzene ring substituents is 1. The van der Waals surface area contributed by atoms with Crippen LogP contribution in [0.1, 0.15) is 19.4 Å². The summed E-state index contributed by atoms with van der Waals surface area (Å²) in [5.74, 6) is 0.171. The quantitative estimate of drug-likeness (QED) is 0.628. The molecule has 0 unspecified atom stereocenters. The van der Waals surface area contributed by atoms with Crippen molar-refractivity contribution in [3.8, 4) is 0 Å². The Balaban J connectivity index is 3.18. The first-order valence-electron chi connectivity index (χ1n) is 5.11. The van der Waals surface area contributed by atoms with Crippen molar-refractivity contribution in [3.63, 3.8) is 0 Å². The Morgan fingerprint density at radius 2 is 2.12 bits per heavy atom. The zero-order valence-electron chi connectivity index (χ0n) is 9.38. The fourth-order valence-electron chi connectivity index (χ4n) is 1.37. The minimum atomic E-state index is -0.416. The Morgan fingerprint density at radius 3 is 2.62 bits per heavy atom. The van der Waals surface area contributed by atoms with Crippen LogP contribution in [0.5, 0.6) is 0 Å². The predicted molar refractivity (Wildman–Crippen MR) is 63.0 cm³/mol. The van der Waals surface area contributed by atoms with E-state index >= 15 is 0 Å². The molecule has 1 N–H and O–H groups in total. The van der Waals surface area contributed by atoms with E-state index in [0.29, 0.717) is 5.56 Å². The van der Waals surface area contributed by atoms with E-state index < -0.39 is 4.92 Å². The van der Waals surface area contributed by atoms with Gasteiger partial charge in [-0.05, 0) is 23.6 Å². The SMILES string of the molecule is CC(C)C(=Cc1ccccc1[N+](=O)[O-])CO. The number of nitro groups is 1. The number of benzene rings is 1. The molecule has 0 radical (unpaired) electrons. The van der Waals surface area contributed by atoms with E-state index in [4.69, 9.17) is 5.11 Å². The number of rotatable bonds is 4. The highest BCUT2D eigenvalue weighted by molar-refractivity contribution is 5.63. The van der Waals surface area contributed by atoms with Gasteiger partial charge in [0.25, 0.3) is 5.69 Å². The van der Waals surface area contributed by atoms with Gasteiger partial charge >= 0.3 is 0 Å². The lowest BCUT2D eigenvalue weighted by Crippen LogP contribution is -2.00. The summed E-state index contributed by atoms with van der Waals surface area (Å²) in [6.07, 6.45) is 1.68. The van der Waals surface area contributed by atoms with Gasteiger partial charge in [-0.3, -0.25) is 10.1 Å². The Kier molecular flexibility index (Phi) is 4.19. The second-order valence-electron chi connectivity index (χ2n) is 3.85. The van der Waals surface area contributed by atoms with Gasteiger partial charge in [-0.25, -0.2) is 0 Å². The highest BCUT2D eigenvalue weighted by Gasteiger charge is 2.11. The van der Waals surface area contributed by atoms with Gasteiger partial charge in [0.15, 0.2) is 0 Å². The molecule has 4 heteroatoms. The number of aliphatic hydroxyl groups excluding tert-OH is 1. The second kappa shape index (κ2) is 5.42. The van der Waals surface area contributed by atoms with Gasteiger partial charge in [0.2, 0.25) is 0 Å². The fraction of sp³-hybridized carbons (Fsp3) is 0.333. The molecule has 16 heavy (non-hydrogen) atoms. The second-order valence-corrected chi connectivity index (χ2v) is 3.85. The maximum absolute atomic E-state index is 10.8. The van der Waals surface area contributed by atoms with Crippen LogP contribution >= 0.6 is 0 Å². The summed E-state index contributed by atoms with van der Waals surface area (Å²) < 4.78 is 0. The third kappa shape index (κ3) is 2.90. The molecule has 0 atom stereocenters. The first-order chi connectivity index (χ1) is 7.56. The van der Waals surface area contributed by atoms with Crippen LogP contribution in [0.15, 0.2) is 29.8 Å². The Morgan fingerprint density at radius 1 is 1.50 bits per heavy atom. The number of para-hydroxylation sites is 1. The van der Waals surface area contributed by atoms with Crippen molar-refractivity contribution in [1.29, 1.82) is 0 Å². The molecule has 0 saturated heterocycles. The van der Waals surface area contributed by atoms with Gasteiger partial charge in [0.05, 0.1) is 17.1 Å². The highest BCUT2D eigenvalue weighted by atomic mass is 16.6. The Bertz CT molecular complexity index is 410. The molecule has 0 aromatic heterocycles. The van der Waals surface area contributed by atoms with Crippen LogP contribution in [0.25, 0.3) is 6.08 Å². The van der Waals surface area contributed by atoms with E-state index in [9.17, 15) is 10.1 Å². The van der Waals surface area contributed by atoms with Crippen molar-refractivity contribution in [2.45, 2.75) is 13.8 Å². The first-order valence-corrected chi connectivity index (χ1v) is 5.11. The molecule has 0 spiro atoms. The van der Waals surface area contributed by atoms with Crippen molar-refractivity contribution >= 4 is 11.8 Å². The molecular weight excluding hydrogens is 206 g/mol. The maximum Gasteiger partial charge on any atom is 0.276 e. The standard InChI is InChI=1S/C12H15NO3/c1-9(2)11(8-14)7-10-5-3-4-6-12(10)13(15)16/h3-7,9,14H,8H2,1-2H3. The number of aliphatic hydroxyl groups is 1. The van der Waals surface area contributed by atoms with Crippen LogP contribution in [-0.2, 0) is 0 Å². The molecule has 0 aliphatic rings. The van der Waals surface area contributed by atoms with Crippen LogP contribution in [0.2, 0.25) is 0 Å². The van der Waals surface area contributed by atoms with Crippen LogP contribution in [0, 0.1) is 16.0 Å². The number of hydrogen-bond acceptors (Lipinski definition) is 3. The molecule has 1 aromatic carbocycles. The smallest absolute Gasteiger partial charge is 0.276 e. The fourth-order valence-corrected chi connectivity index (χ4v) is 1.37. The summed E-state index contributed by atoms with van der Waals surface area (Å²) in [6.45, 7) is 3.80. The molecular formula is C12H15NO3. The normalized spacial score (nSPS) is 11.9. The van der Waals surface area contributed by atoms with E-state index in [0.717, 1.165) is 5.57 Å². The van der Waals surface area contributed by atoms with Gasteiger partial charge in [-0.1, -0.05) is 26.0 Å². The van der Waals surface area contributed by atoms with E-state index in [-0.39, 0.29) is 18.2 Å². The zero-order valence-corrected chi connectivity index (χ0v) is 9.38. The van der Waals surface area contributed by atoms with Crippen molar-refractivity contribution in [1.82, 2.24) is 0 Å². The lowest BCUT2D eigenvalue weighted by molar-refractivity contribution is -0.385. The van der Waals surface area contributed by atoms with Crippen LogP contribution < -0.4 is 0 Å². The van der Waals surface area contributed by atoms with E-state index in [2.05, 4.69) is 0 Å². The topological polar surface area (TPSA) is 63.4 Å². The van der Waals surface area contributed by atoms with Gasteiger partial charge in [0.1, 0.15) is 0 Å². The minimum Gasteiger partial charge on any atom is -0.392 e. The van der Waals surface area contributed by atoms with Crippen molar-refractivity contribution < 1.29 is 10.0 Å². The molecule has 1 aromatic rings. The zero-order chi connectivity index (χ0) is 12.1. The monoisotopic (exact) mass is 221 g/mol. The molecule has 86 valence electrons. The maximum atomic E-state index is 10.8. The molecule has 0 heterocycles. The molecule has 0 bridgehead atoms. The molecule has 4 nitrogen and oxygen atoms in total. The lowest BCUT2D eigenvalue weighted by Gasteiger charge is -2.07. The molecule has 0 aliphatic carbocycles. The predicted octanol–water partition coefficient (Wildman–Crippen LogP) is 2.63. The molecule has 0 aliphatic heterocycles. The largest absolute Gasteiger partial charge is 0.392 e. The van der Waals surface area contributed by atoms with Crippen LogP contribution in [0.3, 0.4) is 0 Å². The van der Waals surface area contributed by atoms with Gasteiger partial charge in [-0.2, -0.15) is 0 Å². The van der Waals surface area contributed by atoms with Gasteiger partial charge in [-0.15, -0.1) is 0 Å². The number of hydrogen-bond donors (Lipinski definition) is 1. The van der Waals surface area contributed by atoms with Crippen molar-refractivity contribution in [2.24, 2.45) is 5.92 Å². The molecule has 0 fully saturated rings. The Hall–Kier alpha value is -1.68. The average Bonchev–Trinajstić information content (AvgIpc) is 2.25. The van der Waals surface area contributed by atoms with Crippen molar-refractivity contribution in [3.05, 3.63) is 45.5 Å². The van der Waals surface area contributed by atoms with Crippen LogP contribution in [-0.4, -0.2) is 16.6 Å². The third-order valence-corrected chi connectivity index (χ3v) is 2.40. The summed E-state index contributed by atoms with van der Waals surface area (Å²) in [5, 5.41) is 19.9. The van der Waals surface area contributed by atoms with Gasteiger partial charge in [0, 0.05) is 6.07 Å². The summed E-state index contributed by atoms with van der Waals surface area (Å²) in [7, 11) is 0. The third-order valence-electron chi connectivity index (χ3n) is 2.40. The van der Waals surface area contributed by atoms with Gasteiger partial charge < -0.3 is 5.11 Å². The molecule has 0 amide bonds. The van der Waals surface area contributed by atoms with Crippen LogP contribution in [0.4, 0.5) is 5.69 Å². The van der Waals surface area contributed by atoms with E-state index in [1.54, 1.807) is 24.3 Å².